The molecule has 3 amide bonds. The molecule has 7 nitrogen and oxygen atoms in total. The number of likely N-dealkylation sites (tertiary alicyclic amines) is 1. The van der Waals surface area contributed by atoms with Gasteiger partial charge >= 0.3 is 5.97 Å². The summed E-state index contributed by atoms with van der Waals surface area (Å²) in [7, 11) is 0. The van der Waals surface area contributed by atoms with Gasteiger partial charge in [-0.15, -0.1) is 0 Å². The third kappa shape index (κ3) is 4.13. The lowest BCUT2D eigenvalue weighted by Gasteiger charge is -2.15. The number of benzene rings is 1. The molecule has 1 aromatic rings. The fraction of sp³-hybridized carbons (Fsp3) is 0.429. The Balaban J connectivity index is 1.51. The Hall–Kier alpha value is -2.96. The lowest BCUT2D eigenvalue weighted by atomic mass is 9.85. The minimum atomic E-state index is -0.777. The summed E-state index contributed by atoms with van der Waals surface area (Å²) in [5.74, 6) is -2.48. The highest BCUT2D eigenvalue weighted by molar-refractivity contribution is 6.07. The third-order valence-corrected chi connectivity index (χ3v) is 5.11. The number of nitrogens with one attached hydrogen (secondary N) is 1. The Morgan fingerprint density at radius 1 is 1.11 bits per heavy atom. The minimum Gasteiger partial charge on any atom is -0.454 e. The van der Waals surface area contributed by atoms with Gasteiger partial charge < -0.3 is 10.1 Å². The number of fused-ring (bicyclic) bond motifs is 1. The predicted octanol–water partition coefficient (Wildman–Crippen LogP) is 2.24. The molecule has 0 unspecified atom stereocenters. The number of allylic oxidation sites excluding steroid dienone is 2. The second-order valence-corrected chi connectivity index (χ2v) is 7.37. The van der Waals surface area contributed by atoms with Crippen molar-refractivity contribution < 1.29 is 23.9 Å². The minimum absolute atomic E-state index is 0.226. The maximum Gasteiger partial charge on any atom is 0.326 e. The lowest BCUT2D eigenvalue weighted by molar-refractivity contribution is -0.154. The second-order valence-electron chi connectivity index (χ2n) is 7.37. The number of hydrogen-bond acceptors (Lipinski definition) is 5. The molecule has 0 bridgehead atoms. The maximum absolute atomic E-state index is 12.4. The first kappa shape index (κ1) is 19.8. The Kier molecular flexibility index (Phi) is 5.92. The van der Waals surface area contributed by atoms with Crippen molar-refractivity contribution in [2.75, 3.05) is 18.5 Å². The monoisotopic (exact) mass is 384 g/mol. The Bertz CT molecular complexity index is 804. The number of imide groups is 1. The number of para-hydroxylation sites is 1. The van der Waals surface area contributed by atoms with Crippen LogP contribution in [-0.4, -0.2) is 41.7 Å². The van der Waals surface area contributed by atoms with Crippen LogP contribution in [-0.2, 0) is 23.9 Å². The number of carbonyl (C=O) groups excluding carboxylic acids is 4. The molecule has 1 aliphatic heterocycles. The van der Waals surface area contributed by atoms with Crippen LogP contribution in [0.1, 0.15) is 38.2 Å². The van der Waals surface area contributed by atoms with Crippen molar-refractivity contribution in [1.29, 1.82) is 0 Å². The normalized spacial score (nSPS) is 21.0. The summed E-state index contributed by atoms with van der Waals surface area (Å²) in [5.41, 5.74) is 1.65. The molecule has 1 fully saturated rings. The van der Waals surface area contributed by atoms with Crippen molar-refractivity contribution in [3.63, 3.8) is 0 Å². The standard InChI is InChI=1S/C21H24N2O5/c1-13(2)14-7-5-6-10-17(14)22-18(24)12-28-19(25)11-23-20(26)15-8-3-4-9-16(15)21(23)27/h3-7,10,13,15-16H,8-9,11-12H2,1-2H3,(H,22,24)/t15-,16-/m1/s1. The van der Waals surface area contributed by atoms with Crippen LogP contribution in [0.2, 0.25) is 0 Å². The summed E-state index contributed by atoms with van der Waals surface area (Å²) >= 11 is 0. The number of rotatable bonds is 6. The van der Waals surface area contributed by atoms with Gasteiger partial charge in [-0.3, -0.25) is 24.1 Å². The van der Waals surface area contributed by atoms with E-state index in [9.17, 15) is 19.2 Å². The van der Waals surface area contributed by atoms with E-state index >= 15 is 0 Å². The molecule has 1 N–H and O–H groups in total. The lowest BCUT2D eigenvalue weighted by Crippen LogP contribution is -2.37. The molecular formula is C21H24N2O5. The van der Waals surface area contributed by atoms with E-state index in [-0.39, 0.29) is 29.6 Å². The van der Waals surface area contributed by atoms with Gasteiger partial charge in [0.25, 0.3) is 5.91 Å². The molecule has 28 heavy (non-hydrogen) atoms. The molecule has 7 heteroatoms. The molecule has 1 aromatic carbocycles. The van der Waals surface area contributed by atoms with Crippen molar-refractivity contribution in [3.05, 3.63) is 42.0 Å². The van der Waals surface area contributed by atoms with Crippen LogP contribution in [0, 0.1) is 11.8 Å². The topological polar surface area (TPSA) is 92.8 Å². The first-order valence-corrected chi connectivity index (χ1v) is 9.43. The Morgan fingerprint density at radius 3 is 2.32 bits per heavy atom. The van der Waals surface area contributed by atoms with Gasteiger partial charge in [-0.1, -0.05) is 44.2 Å². The zero-order valence-electron chi connectivity index (χ0n) is 16.0. The third-order valence-electron chi connectivity index (χ3n) is 5.11. The molecule has 2 atom stereocenters. The largest absolute Gasteiger partial charge is 0.454 e. The van der Waals surface area contributed by atoms with Crippen molar-refractivity contribution in [2.45, 2.75) is 32.6 Å². The first-order chi connectivity index (χ1) is 13.4. The molecule has 0 radical (unpaired) electrons. The highest BCUT2D eigenvalue weighted by Crippen LogP contribution is 2.34. The Labute approximate surface area is 163 Å². The van der Waals surface area contributed by atoms with Crippen LogP contribution < -0.4 is 5.32 Å². The molecule has 1 heterocycles. The van der Waals surface area contributed by atoms with E-state index < -0.39 is 25.0 Å². The molecule has 2 aliphatic rings. The van der Waals surface area contributed by atoms with Gasteiger partial charge in [0.1, 0.15) is 6.54 Å². The zero-order chi connectivity index (χ0) is 20.3. The van der Waals surface area contributed by atoms with E-state index in [4.69, 9.17) is 4.74 Å². The van der Waals surface area contributed by atoms with E-state index in [2.05, 4.69) is 5.32 Å². The van der Waals surface area contributed by atoms with E-state index in [0.29, 0.717) is 18.5 Å². The fourth-order valence-corrected chi connectivity index (χ4v) is 3.65. The van der Waals surface area contributed by atoms with Crippen molar-refractivity contribution in [1.82, 2.24) is 4.90 Å². The van der Waals surface area contributed by atoms with Gasteiger partial charge in [0, 0.05) is 5.69 Å². The van der Waals surface area contributed by atoms with Gasteiger partial charge in [0.15, 0.2) is 6.61 Å². The number of hydrogen-bond donors (Lipinski definition) is 1. The summed E-state index contributed by atoms with van der Waals surface area (Å²) in [6.07, 6.45) is 4.79. The zero-order valence-corrected chi connectivity index (χ0v) is 16.0. The van der Waals surface area contributed by atoms with E-state index in [0.717, 1.165) is 10.5 Å². The van der Waals surface area contributed by atoms with Gasteiger partial charge in [-0.2, -0.15) is 0 Å². The Morgan fingerprint density at radius 2 is 1.71 bits per heavy atom. The summed E-state index contributed by atoms with van der Waals surface area (Å²) < 4.78 is 4.98. The summed E-state index contributed by atoms with van der Waals surface area (Å²) in [6.45, 7) is 3.10. The molecule has 0 saturated carbocycles. The smallest absolute Gasteiger partial charge is 0.326 e. The van der Waals surface area contributed by atoms with E-state index in [1.807, 2.05) is 44.2 Å². The van der Waals surface area contributed by atoms with Crippen molar-refractivity contribution >= 4 is 29.4 Å². The number of carbonyl (C=O) groups is 4. The predicted molar refractivity (Wildman–Crippen MR) is 102 cm³/mol. The number of ether oxygens (including phenoxy) is 1. The van der Waals surface area contributed by atoms with Crippen molar-refractivity contribution in [3.8, 4) is 0 Å². The maximum atomic E-state index is 12.4. The molecule has 1 saturated heterocycles. The van der Waals surface area contributed by atoms with Crippen LogP contribution >= 0.6 is 0 Å². The van der Waals surface area contributed by atoms with E-state index in [1.165, 1.54) is 0 Å². The number of amides is 3. The second kappa shape index (κ2) is 8.37. The molecule has 1 aliphatic carbocycles. The number of nitrogens with zero attached hydrogens (tertiary/aromatic N) is 1. The first-order valence-electron chi connectivity index (χ1n) is 9.43. The molecule has 0 aromatic heterocycles. The summed E-state index contributed by atoms with van der Waals surface area (Å²) in [5, 5.41) is 2.73. The van der Waals surface area contributed by atoms with Crippen LogP contribution in [0.25, 0.3) is 0 Å². The van der Waals surface area contributed by atoms with Gasteiger partial charge in [-0.25, -0.2) is 0 Å². The highest BCUT2D eigenvalue weighted by atomic mass is 16.5. The van der Waals surface area contributed by atoms with Gasteiger partial charge in [0.2, 0.25) is 11.8 Å². The SMILES string of the molecule is CC(C)c1ccccc1NC(=O)COC(=O)CN1C(=O)[C@@H]2CC=CC[C@H]2C1=O. The molecule has 3 rings (SSSR count). The summed E-state index contributed by atoms with van der Waals surface area (Å²) in [6, 6.07) is 7.41. The van der Waals surface area contributed by atoms with Crippen LogP contribution in [0.3, 0.4) is 0 Å². The number of esters is 1. The van der Waals surface area contributed by atoms with Crippen LogP contribution in [0.15, 0.2) is 36.4 Å². The molecule has 0 spiro atoms. The molecular weight excluding hydrogens is 360 g/mol. The number of anilines is 1. The highest BCUT2D eigenvalue weighted by Gasteiger charge is 2.47. The average Bonchev–Trinajstić information content (AvgIpc) is 2.92. The van der Waals surface area contributed by atoms with Crippen LogP contribution in [0.5, 0.6) is 0 Å². The molecule has 148 valence electrons. The average molecular weight is 384 g/mol. The van der Waals surface area contributed by atoms with Gasteiger partial charge in [-0.05, 0) is 30.4 Å². The van der Waals surface area contributed by atoms with Crippen molar-refractivity contribution in [2.24, 2.45) is 11.8 Å². The van der Waals surface area contributed by atoms with Gasteiger partial charge in [0.05, 0.1) is 11.8 Å². The summed E-state index contributed by atoms with van der Waals surface area (Å²) in [4.78, 5) is 49.8. The fourth-order valence-electron chi connectivity index (χ4n) is 3.65. The van der Waals surface area contributed by atoms with E-state index in [1.54, 1.807) is 6.07 Å². The quantitative estimate of drug-likeness (QED) is 0.461. The van der Waals surface area contributed by atoms with Crippen LogP contribution in [0.4, 0.5) is 5.69 Å².